The zero-order valence-corrected chi connectivity index (χ0v) is 16.3. The molecule has 0 amide bonds. The lowest BCUT2D eigenvalue weighted by atomic mass is 9.97. The second kappa shape index (κ2) is 9.22. The highest BCUT2D eigenvalue weighted by atomic mass is 16.5. The summed E-state index contributed by atoms with van der Waals surface area (Å²) in [6.45, 7) is 6.17. The van der Waals surface area contributed by atoms with Crippen LogP contribution in [0.4, 0.5) is 0 Å². The first-order chi connectivity index (χ1) is 13.1. The molecular weight excluding hydrogens is 342 g/mol. The summed E-state index contributed by atoms with van der Waals surface area (Å²) in [5.74, 6) is 1.50. The normalized spacial score (nSPS) is 20.6. The predicted octanol–water partition coefficient (Wildman–Crippen LogP) is 3.42. The van der Waals surface area contributed by atoms with E-state index in [0.717, 1.165) is 35.7 Å². The zero-order valence-electron chi connectivity index (χ0n) is 16.3. The number of hydrogen-bond donors (Lipinski definition) is 1. The maximum absolute atomic E-state index is 9.82. The van der Waals surface area contributed by atoms with Gasteiger partial charge in [0.05, 0.1) is 32.5 Å². The van der Waals surface area contributed by atoms with Crippen molar-refractivity contribution in [2.45, 2.75) is 38.6 Å². The van der Waals surface area contributed by atoms with Gasteiger partial charge in [0.15, 0.2) is 11.5 Å². The number of benzene rings is 2. The number of rotatable bonds is 7. The van der Waals surface area contributed by atoms with Gasteiger partial charge in [-0.25, -0.2) is 0 Å². The van der Waals surface area contributed by atoms with Crippen molar-refractivity contribution in [3.8, 4) is 11.5 Å². The van der Waals surface area contributed by atoms with Gasteiger partial charge < -0.3 is 19.3 Å². The van der Waals surface area contributed by atoms with Gasteiger partial charge in [-0.15, -0.1) is 0 Å². The van der Waals surface area contributed by atoms with Gasteiger partial charge in [-0.05, 0) is 37.1 Å². The standard InChI is InChI=1S/C22H29NO4/c1-16(2)27-19-10-9-17(13-20(19)25-3)14-23-11-12-26-21(15-24)22(23)18-7-5-4-6-8-18/h4-10,13,16,21-22,24H,11-12,14-15H2,1-3H3/t21-,22-/m1/s1. The molecule has 5 nitrogen and oxygen atoms in total. The smallest absolute Gasteiger partial charge is 0.161 e. The lowest BCUT2D eigenvalue weighted by Crippen LogP contribution is -2.46. The Kier molecular flexibility index (Phi) is 6.72. The molecule has 1 aliphatic rings. The van der Waals surface area contributed by atoms with Gasteiger partial charge in [0, 0.05) is 13.1 Å². The molecule has 2 aromatic carbocycles. The van der Waals surface area contributed by atoms with Gasteiger partial charge >= 0.3 is 0 Å². The highest BCUT2D eigenvalue weighted by molar-refractivity contribution is 5.43. The van der Waals surface area contributed by atoms with Crippen LogP contribution < -0.4 is 9.47 Å². The summed E-state index contributed by atoms with van der Waals surface area (Å²) in [5.41, 5.74) is 2.30. The molecule has 27 heavy (non-hydrogen) atoms. The van der Waals surface area contributed by atoms with Gasteiger partial charge in [-0.3, -0.25) is 4.90 Å². The van der Waals surface area contributed by atoms with E-state index < -0.39 is 0 Å². The minimum Gasteiger partial charge on any atom is -0.493 e. The summed E-state index contributed by atoms with van der Waals surface area (Å²) in [6, 6.07) is 16.3. The fraction of sp³-hybridized carbons (Fsp3) is 0.455. The molecule has 1 saturated heterocycles. The molecule has 1 N–H and O–H groups in total. The second-order valence-electron chi connectivity index (χ2n) is 7.07. The highest BCUT2D eigenvalue weighted by Gasteiger charge is 2.33. The predicted molar refractivity (Wildman–Crippen MR) is 105 cm³/mol. The third-order valence-corrected chi connectivity index (χ3v) is 4.75. The Morgan fingerprint density at radius 2 is 1.93 bits per heavy atom. The first-order valence-electron chi connectivity index (χ1n) is 9.47. The molecule has 3 rings (SSSR count). The van der Waals surface area contributed by atoms with Gasteiger partial charge in [-0.1, -0.05) is 36.4 Å². The van der Waals surface area contributed by atoms with Crippen molar-refractivity contribution in [2.24, 2.45) is 0 Å². The first-order valence-corrected chi connectivity index (χ1v) is 9.47. The number of hydrogen-bond acceptors (Lipinski definition) is 5. The molecule has 0 spiro atoms. The number of methoxy groups -OCH3 is 1. The third-order valence-electron chi connectivity index (χ3n) is 4.75. The van der Waals surface area contributed by atoms with E-state index in [1.807, 2.05) is 44.2 Å². The lowest BCUT2D eigenvalue weighted by Gasteiger charge is -2.41. The van der Waals surface area contributed by atoms with Crippen molar-refractivity contribution in [1.82, 2.24) is 4.90 Å². The van der Waals surface area contributed by atoms with Crippen LogP contribution in [0.2, 0.25) is 0 Å². The summed E-state index contributed by atoms with van der Waals surface area (Å²) < 4.78 is 17.2. The summed E-state index contributed by atoms with van der Waals surface area (Å²) >= 11 is 0. The van der Waals surface area contributed by atoms with Crippen LogP contribution in [0.3, 0.4) is 0 Å². The fourth-order valence-corrected chi connectivity index (χ4v) is 3.59. The number of aliphatic hydroxyl groups is 1. The molecular formula is C22H29NO4. The minimum absolute atomic E-state index is 0.000544. The molecule has 0 saturated carbocycles. The second-order valence-corrected chi connectivity index (χ2v) is 7.07. The van der Waals surface area contributed by atoms with Crippen molar-refractivity contribution in [1.29, 1.82) is 0 Å². The van der Waals surface area contributed by atoms with Crippen molar-refractivity contribution < 1.29 is 19.3 Å². The van der Waals surface area contributed by atoms with E-state index in [4.69, 9.17) is 14.2 Å². The van der Waals surface area contributed by atoms with Crippen molar-refractivity contribution in [3.63, 3.8) is 0 Å². The van der Waals surface area contributed by atoms with Crippen LogP contribution >= 0.6 is 0 Å². The van der Waals surface area contributed by atoms with E-state index in [1.54, 1.807) is 7.11 Å². The van der Waals surface area contributed by atoms with Crippen molar-refractivity contribution in [3.05, 3.63) is 59.7 Å². The molecule has 1 heterocycles. The van der Waals surface area contributed by atoms with E-state index in [2.05, 4.69) is 23.1 Å². The number of ether oxygens (including phenoxy) is 3. The summed E-state index contributed by atoms with van der Waals surface area (Å²) in [6.07, 6.45) is -0.136. The van der Waals surface area contributed by atoms with Crippen LogP contribution in [-0.2, 0) is 11.3 Å². The summed E-state index contributed by atoms with van der Waals surface area (Å²) in [5, 5.41) is 9.82. The molecule has 146 valence electrons. The van der Waals surface area contributed by atoms with Crippen LogP contribution in [0.5, 0.6) is 11.5 Å². The van der Waals surface area contributed by atoms with Crippen LogP contribution in [0.15, 0.2) is 48.5 Å². The van der Waals surface area contributed by atoms with E-state index in [0.29, 0.717) is 6.61 Å². The quantitative estimate of drug-likeness (QED) is 0.808. The Balaban J connectivity index is 1.84. The maximum Gasteiger partial charge on any atom is 0.161 e. The molecule has 0 aromatic heterocycles. The van der Waals surface area contributed by atoms with Gasteiger partial charge in [0.1, 0.15) is 6.10 Å². The fourth-order valence-electron chi connectivity index (χ4n) is 3.59. The van der Waals surface area contributed by atoms with E-state index in [-0.39, 0.29) is 24.9 Å². The Hall–Kier alpha value is -2.08. The monoisotopic (exact) mass is 371 g/mol. The van der Waals surface area contributed by atoms with Crippen molar-refractivity contribution >= 4 is 0 Å². The third kappa shape index (κ3) is 4.80. The van der Waals surface area contributed by atoms with E-state index in [9.17, 15) is 5.11 Å². The molecule has 2 atom stereocenters. The van der Waals surface area contributed by atoms with Crippen LogP contribution in [0.1, 0.15) is 31.0 Å². The molecule has 0 unspecified atom stereocenters. The SMILES string of the molecule is COc1cc(CN2CCO[C@H](CO)[C@H]2c2ccccc2)ccc1OC(C)C. The first kappa shape index (κ1) is 19.7. The summed E-state index contributed by atoms with van der Waals surface area (Å²) in [7, 11) is 1.66. The van der Waals surface area contributed by atoms with Crippen LogP contribution in [0, 0.1) is 0 Å². The zero-order chi connectivity index (χ0) is 19.2. The molecule has 0 radical (unpaired) electrons. The number of morpholine rings is 1. The Labute approximate surface area is 161 Å². The number of aliphatic hydroxyl groups excluding tert-OH is 1. The summed E-state index contributed by atoms with van der Waals surface area (Å²) in [4.78, 5) is 2.36. The molecule has 0 aliphatic carbocycles. The molecule has 1 aliphatic heterocycles. The molecule has 5 heteroatoms. The van der Waals surface area contributed by atoms with E-state index >= 15 is 0 Å². The van der Waals surface area contributed by atoms with Crippen LogP contribution in [-0.4, -0.2) is 49.1 Å². The molecule has 1 fully saturated rings. The highest BCUT2D eigenvalue weighted by Crippen LogP contribution is 2.33. The molecule has 2 aromatic rings. The minimum atomic E-state index is -0.230. The van der Waals surface area contributed by atoms with Gasteiger partial charge in [0.2, 0.25) is 0 Å². The molecule has 0 bridgehead atoms. The average molecular weight is 371 g/mol. The Morgan fingerprint density at radius 1 is 1.15 bits per heavy atom. The number of nitrogens with zero attached hydrogens (tertiary/aromatic N) is 1. The van der Waals surface area contributed by atoms with Gasteiger partial charge in [-0.2, -0.15) is 0 Å². The van der Waals surface area contributed by atoms with Crippen LogP contribution in [0.25, 0.3) is 0 Å². The topological polar surface area (TPSA) is 51.2 Å². The largest absolute Gasteiger partial charge is 0.493 e. The Bertz CT molecular complexity index is 720. The maximum atomic E-state index is 9.82. The van der Waals surface area contributed by atoms with Gasteiger partial charge in [0.25, 0.3) is 0 Å². The van der Waals surface area contributed by atoms with Crippen molar-refractivity contribution in [2.75, 3.05) is 26.9 Å². The Morgan fingerprint density at radius 3 is 2.59 bits per heavy atom. The van der Waals surface area contributed by atoms with E-state index in [1.165, 1.54) is 0 Å². The lowest BCUT2D eigenvalue weighted by molar-refractivity contribution is -0.0960. The average Bonchev–Trinajstić information content (AvgIpc) is 2.69.